The number of benzene rings is 2. The van der Waals surface area contributed by atoms with Gasteiger partial charge in [-0.3, -0.25) is 4.79 Å². The number of carboxylic acids is 1. The lowest BCUT2D eigenvalue weighted by Gasteiger charge is -2.46. The Labute approximate surface area is 205 Å². The second kappa shape index (κ2) is 8.02. The number of aromatic hydroxyl groups is 1. The lowest BCUT2D eigenvalue weighted by molar-refractivity contribution is -0.153. The molecule has 0 bridgehead atoms. The van der Waals surface area contributed by atoms with Crippen LogP contribution < -0.4 is 0 Å². The van der Waals surface area contributed by atoms with Crippen LogP contribution in [0.15, 0.2) is 59.8 Å². The van der Waals surface area contributed by atoms with Crippen LogP contribution in [0, 0.1) is 6.92 Å². The number of carbonyl (C=O) groups is 3. The number of nitrogens with zero attached hydrogens (tertiary/aromatic N) is 1. The molecule has 0 fully saturated rings. The standard InChI is InChI=1S/C26H21ClN2O6/c1-13-9-21(30)17(11-19(13)27)22(31)14-10-18(24(32)35-2)26(25(33)34)23-16(7-8-29(26)12-14)15-5-3-4-6-20(15)28-23/h3-6,9-12,28,30H,7-8H2,1-2H3,(H,33,34). The van der Waals surface area contributed by atoms with E-state index in [-0.39, 0.29) is 29.0 Å². The summed E-state index contributed by atoms with van der Waals surface area (Å²) in [6.07, 6.45) is 3.14. The Morgan fingerprint density at radius 2 is 1.94 bits per heavy atom. The van der Waals surface area contributed by atoms with Crippen molar-refractivity contribution in [1.82, 2.24) is 9.88 Å². The largest absolute Gasteiger partial charge is 0.507 e. The van der Waals surface area contributed by atoms with E-state index in [4.69, 9.17) is 16.3 Å². The van der Waals surface area contributed by atoms with Gasteiger partial charge >= 0.3 is 11.9 Å². The summed E-state index contributed by atoms with van der Waals surface area (Å²) in [6.45, 7) is 1.92. The molecule has 5 rings (SSSR count). The fourth-order valence-electron chi connectivity index (χ4n) is 5.02. The number of aromatic amines is 1. The molecule has 1 aromatic heterocycles. The summed E-state index contributed by atoms with van der Waals surface area (Å²) >= 11 is 6.18. The van der Waals surface area contributed by atoms with Crippen LogP contribution in [0.5, 0.6) is 5.75 Å². The van der Waals surface area contributed by atoms with Crippen molar-refractivity contribution in [3.8, 4) is 5.75 Å². The summed E-state index contributed by atoms with van der Waals surface area (Å²) in [5.74, 6) is -3.04. The summed E-state index contributed by atoms with van der Waals surface area (Å²) in [5.41, 5.74) is 0.305. The van der Waals surface area contributed by atoms with Gasteiger partial charge in [-0.05, 0) is 48.7 Å². The first-order valence-electron chi connectivity index (χ1n) is 10.9. The smallest absolute Gasteiger partial charge is 0.340 e. The zero-order valence-corrected chi connectivity index (χ0v) is 19.6. The quantitative estimate of drug-likeness (QED) is 0.373. The molecule has 1 atom stereocenters. The summed E-state index contributed by atoms with van der Waals surface area (Å²) in [7, 11) is 1.16. The molecule has 0 radical (unpaired) electrons. The van der Waals surface area contributed by atoms with Gasteiger partial charge in [0, 0.05) is 34.2 Å². The Balaban J connectivity index is 1.74. The molecule has 0 amide bonds. The average molecular weight is 493 g/mol. The zero-order valence-electron chi connectivity index (χ0n) is 18.9. The number of aromatic nitrogens is 1. The predicted octanol–water partition coefficient (Wildman–Crippen LogP) is 3.85. The molecule has 0 saturated heterocycles. The van der Waals surface area contributed by atoms with Gasteiger partial charge in [0.1, 0.15) is 5.75 Å². The maximum Gasteiger partial charge on any atom is 0.340 e. The number of hydrogen-bond donors (Lipinski definition) is 3. The predicted molar refractivity (Wildman–Crippen MR) is 128 cm³/mol. The van der Waals surface area contributed by atoms with Crippen LogP contribution in [0.2, 0.25) is 5.02 Å². The number of ketones is 1. The van der Waals surface area contributed by atoms with Gasteiger partial charge in [0.05, 0.1) is 23.9 Å². The average Bonchev–Trinajstić information content (AvgIpc) is 3.23. The Morgan fingerprint density at radius 1 is 1.20 bits per heavy atom. The number of aryl methyl sites for hydroxylation is 1. The van der Waals surface area contributed by atoms with Gasteiger partial charge in [0.15, 0.2) is 5.78 Å². The van der Waals surface area contributed by atoms with Gasteiger partial charge in [-0.15, -0.1) is 0 Å². The van der Waals surface area contributed by atoms with E-state index in [1.54, 1.807) is 6.92 Å². The van der Waals surface area contributed by atoms with Crippen molar-refractivity contribution in [2.45, 2.75) is 18.9 Å². The molecule has 35 heavy (non-hydrogen) atoms. The van der Waals surface area contributed by atoms with Crippen molar-refractivity contribution >= 4 is 40.2 Å². The number of fused-ring (bicyclic) bond motifs is 5. The fourth-order valence-corrected chi connectivity index (χ4v) is 5.18. The number of carbonyl (C=O) groups excluding carboxylic acids is 2. The van der Waals surface area contributed by atoms with E-state index in [2.05, 4.69) is 4.98 Å². The summed E-state index contributed by atoms with van der Waals surface area (Å²) in [6, 6.07) is 10.2. The lowest BCUT2D eigenvalue weighted by Crippen LogP contribution is -2.57. The van der Waals surface area contributed by atoms with Crippen molar-refractivity contribution in [1.29, 1.82) is 0 Å². The Hall–Kier alpha value is -4.04. The molecule has 0 spiro atoms. The first kappa shape index (κ1) is 22.7. The molecule has 0 saturated carbocycles. The number of para-hydroxylation sites is 1. The maximum atomic E-state index is 13.4. The molecular weight excluding hydrogens is 472 g/mol. The number of H-pyrrole nitrogens is 1. The van der Waals surface area contributed by atoms with E-state index >= 15 is 0 Å². The minimum absolute atomic E-state index is 0.0251. The fraction of sp³-hybridized carbons (Fsp3) is 0.192. The Kier molecular flexibility index (Phi) is 5.21. The van der Waals surface area contributed by atoms with E-state index in [1.807, 2.05) is 24.3 Å². The van der Waals surface area contributed by atoms with E-state index in [1.165, 1.54) is 29.3 Å². The molecule has 9 heteroatoms. The van der Waals surface area contributed by atoms with E-state index < -0.39 is 23.3 Å². The van der Waals surface area contributed by atoms with Crippen molar-refractivity contribution in [3.05, 3.63) is 87.2 Å². The third-order valence-corrected chi connectivity index (χ3v) is 7.10. The van der Waals surface area contributed by atoms with Crippen LogP contribution in [-0.4, -0.2) is 51.5 Å². The maximum absolute atomic E-state index is 13.4. The normalized spacial score (nSPS) is 18.9. The highest BCUT2D eigenvalue weighted by atomic mass is 35.5. The number of allylic oxidation sites excluding steroid dienone is 2. The number of phenols is 1. The number of ether oxygens (including phenoxy) is 1. The number of hydrogen-bond acceptors (Lipinski definition) is 6. The van der Waals surface area contributed by atoms with Crippen LogP contribution in [0.1, 0.15) is 27.2 Å². The minimum Gasteiger partial charge on any atom is -0.507 e. The van der Waals surface area contributed by atoms with Crippen molar-refractivity contribution in [2.75, 3.05) is 13.7 Å². The number of methoxy groups -OCH3 is 1. The van der Waals surface area contributed by atoms with Gasteiger partial charge in [0.2, 0.25) is 5.54 Å². The summed E-state index contributed by atoms with van der Waals surface area (Å²) in [4.78, 5) is 44.1. The van der Waals surface area contributed by atoms with E-state index in [0.717, 1.165) is 23.6 Å². The molecule has 3 aromatic rings. The number of phenolic OH excluding ortho intramolecular Hbond substituents is 1. The van der Waals surface area contributed by atoms with Crippen molar-refractivity contribution < 1.29 is 29.3 Å². The zero-order chi connectivity index (χ0) is 25.1. The number of halogens is 1. The first-order chi connectivity index (χ1) is 16.7. The highest BCUT2D eigenvalue weighted by molar-refractivity contribution is 6.32. The molecule has 2 aliphatic heterocycles. The molecule has 3 N–H and O–H groups in total. The lowest BCUT2D eigenvalue weighted by atomic mass is 9.75. The van der Waals surface area contributed by atoms with Gasteiger partial charge in [-0.1, -0.05) is 29.8 Å². The van der Waals surface area contributed by atoms with Gasteiger partial charge in [0.25, 0.3) is 0 Å². The number of carboxylic acid groups (broad SMARTS) is 1. The molecular formula is C26H21ClN2O6. The second-order valence-corrected chi connectivity index (χ2v) is 8.97. The van der Waals surface area contributed by atoms with Crippen LogP contribution in [0.25, 0.3) is 10.9 Å². The topological polar surface area (TPSA) is 120 Å². The van der Waals surface area contributed by atoms with Gasteiger partial charge in [-0.25, -0.2) is 9.59 Å². The molecule has 1 unspecified atom stereocenters. The van der Waals surface area contributed by atoms with Crippen molar-refractivity contribution in [2.24, 2.45) is 0 Å². The van der Waals surface area contributed by atoms with Crippen LogP contribution in [0.3, 0.4) is 0 Å². The Morgan fingerprint density at radius 3 is 2.66 bits per heavy atom. The number of aliphatic carboxylic acids is 1. The number of esters is 1. The van der Waals surface area contributed by atoms with Crippen LogP contribution in [0.4, 0.5) is 0 Å². The Bertz CT molecular complexity index is 1500. The highest BCUT2D eigenvalue weighted by Gasteiger charge is 2.57. The first-order valence-corrected chi connectivity index (χ1v) is 11.2. The second-order valence-electron chi connectivity index (χ2n) is 8.56. The molecule has 0 aliphatic carbocycles. The molecule has 178 valence electrons. The molecule has 2 aromatic carbocycles. The minimum atomic E-state index is -1.92. The molecule has 3 heterocycles. The van der Waals surface area contributed by atoms with Gasteiger partial charge < -0.3 is 24.8 Å². The SMILES string of the molecule is COC(=O)C1=CC(C(=O)c2cc(Cl)c(C)cc2O)=CN2CCc3c([nH]c4ccccc34)C12C(=O)O. The van der Waals surface area contributed by atoms with Crippen molar-refractivity contribution in [3.63, 3.8) is 0 Å². The van der Waals surface area contributed by atoms with Crippen LogP contribution >= 0.6 is 11.6 Å². The number of nitrogens with one attached hydrogen (secondary N) is 1. The van der Waals surface area contributed by atoms with Crippen LogP contribution in [-0.2, 0) is 26.3 Å². The van der Waals surface area contributed by atoms with Gasteiger partial charge in [-0.2, -0.15) is 0 Å². The highest BCUT2D eigenvalue weighted by Crippen LogP contribution is 2.47. The molecule has 8 nitrogen and oxygen atoms in total. The summed E-state index contributed by atoms with van der Waals surface area (Å²) < 4.78 is 4.98. The number of rotatable bonds is 4. The van der Waals surface area contributed by atoms with E-state index in [9.17, 15) is 24.6 Å². The molecule has 2 aliphatic rings. The van der Waals surface area contributed by atoms with E-state index in [0.29, 0.717) is 22.7 Å². The number of Topliss-reactive ketones (excluding diaryl/α,β-unsaturated/α-hetero) is 1. The third-order valence-electron chi connectivity index (χ3n) is 6.69. The third kappa shape index (κ3) is 3.17. The monoisotopic (exact) mass is 492 g/mol. The summed E-state index contributed by atoms with van der Waals surface area (Å²) in [5, 5.41) is 22.1.